The fourth-order valence-electron chi connectivity index (χ4n) is 5.25. The van der Waals surface area contributed by atoms with Crippen LogP contribution in [0.1, 0.15) is 38.3 Å². The lowest BCUT2D eigenvalue weighted by atomic mass is 9.91. The quantitative estimate of drug-likeness (QED) is 0.629. The summed E-state index contributed by atoms with van der Waals surface area (Å²) in [4.78, 5) is 30.4. The van der Waals surface area contributed by atoms with Crippen LogP contribution in [0.3, 0.4) is 0 Å². The molecule has 2 saturated heterocycles. The minimum absolute atomic E-state index is 0.00694. The molecular formula is C24H40N4O2+2. The van der Waals surface area contributed by atoms with Crippen LogP contribution in [-0.4, -0.2) is 68.6 Å². The molecule has 3 atom stereocenters. The number of carbonyl (C=O) groups is 2. The normalized spacial score (nSPS) is 28.1. The molecule has 2 aliphatic heterocycles. The van der Waals surface area contributed by atoms with Crippen LogP contribution >= 0.6 is 0 Å². The van der Waals surface area contributed by atoms with Crippen LogP contribution in [0.25, 0.3) is 0 Å². The first-order chi connectivity index (χ1) is 14.2. The maximum Gasteiger partial charge on any atom is 0.280 e. The molecular weight excluding hydrogens is 376 g/mol. The monoisotopic (exact) mass is 416 g/mol. The highest BCUT2D eigenvalue weighted by Gasteiger charge is 2.36. The highest BCUT2D eigenvalue weighted by molar-refractivity contribution is 5.93. The third-order valence-corrected chi connectivity index (χ3v) is 6.92. The molecule has 166 valence electrons. The number of benzene rings is 1. The van der Waals surface area contributed by atoms with Crippen LogP contribution in [0.4, 0.5) is 5.69 Å². The molecule has 0 unspecified atom stereocenters. The van der Waals surface area contributed by atoms with Gasteiger partial charge in [-0.1, -0.05) is 32.0 Å². The van der Waals surface area contributed by atoms with Crippen molar-refractivity contribution in [2.75, 3.05) is 51.1 Å². The SMILES string of the molecule is Cc1cccc(C)c1NC(=O)C[NH+]1CC[NH+]([C@H](C)C(=O)N2C[C@@H](C)C[C@H](C)C2)CC1. The van der Waals surface area contributed by atoms with Crippen LogP contribution < -0.4 is 15.1 Å². The van der Waals surface area contributed by atoms with Gasteiger partial charge in [0.15, 0.2) is 12.6 Å². The predicted octanol–water partition coefficient (Wildman–Crippen LogP) is -0.0817. The average molecular weight is 417 g/mol. The Labute approximate surface area is 181 Å². The van der Waals surface area contributed by atoms with E-state index >= 15 is 0 Å². The Kier molecular flexibility index (Phi) is 7.53. The number of quaternary nitrogens is 2. The molecule has 0 radical (unpaired) electrons. The Morgan fingerprint density at radius 3 is 2.20 bits per heavy atom. The van der Waals surface area contributed by atoms with E-state index in [4.69, 9.17) is 0 Å². The lowest BCUT2D eigenvalue weighted by Gasteiger charge is -2.38. The summed E-state index contributed by atoms with van der Waals surface area (Å²) in [6.45, 7) is 16.7. The molecule has 0 saturated carbocycles. The molecule has 0 bridgehead atoms. The van der Waals surface area contributed by atoms with Gasteiger partial charge in [-0.05, 0) is 50.2 Å². The Morgan fingerprint density at radius 1 is 1.07 bits per heavy atom. The minimum Gasteiger partial charge on any atom is -0.337 e. The molecule has 2 aliphatic rings. The molecule has 1 aromatic rings. The number of aryl methyl sites for hydroxylation is 2. The van der Waals surface area contributed by atoms with E-state index in [0.717, 1.165) is 56.1 Å². The highest BCUT2D eigenvalue weighted by Crippen LogP contribution is 2.21. The standard InChI is InChI=1S/C24H38N4O2/c1-17-13-18(2)15-28(14-17)24(30)21(5)27-11-9-26(10-12-27)16-22(29)25-23-19(3)7-6-8-20(23)4/h6-8,17-18,21H,9-16H2,1-5H3,(H,25,29)/p+2/t17-,18-,21+/m0/s1. The van der Waals surface area contributed by atoms with Gasteiger partial charge in [-0.25, -0.2) is 0 Å². The summed E-state index contributed by atoms with van der Waals surface area (Å²) < 4.78 is 0. The number of carbonyl (C=O) groups excluding carboxylic acids is 2. The van der Waals surface area contributed by atoms with E-state index in [1.807, 2.05) is 32.0 Å². The van der Waals surface area contributed by atoms with Gasteiger partial charge in [0.1, 0.15) is 26.2 Å². The van der Waals surface area contributed by atoms with E-state index in [1.54, 1.807) is 0 Å². The van der Waals surface area contributed by atoms with E-state index in [9.17, 15) is 9.59 Å². The number of piperidine rings is 1. The van der Waals surface area contributed by atoms with Gasteiger partial charge < -0.3 is 20.0 Å². The summed E-state index contributed by atoms with van der Waals surface area (Å²) in [5.74, 6) is 1.57. The van der Waals surface area contributed by atoms with Crippen LogP contribution in [0.15, 0.2) is 18.2 Å². The number of rotatable bonds is 5. The van der Waals surface area contributed by atoms with Crippen LogP contribution in [-0.2, 0) is 9.59 Å². The van der Waals surface area contributed by atoms with Gasteiger partial charge in [-0.2, -0.15) is 0 Å². The van der Waals surface area contributed by atoms with Gasteiger partial charge >= 0.3 is 0 Å². The number of anilines is 1. The van der Waals surface area contributed by atoms with E-state index in [0.29, 0.717) is 24.3 Å². The maximum absolute atomic E-state index is 13.0. The van der Waals surface area contributed by atoms with Crippen molar-refractivity contribution in [3.05, 3.63) is 29.3 Å². The van der Waals surface area contributed by atoms with Crippen molar-refractivity contribution in [2.45, 2.75) is 47.1 Å². The number of nitrogens with zero attached hydrogens (tertiary/aromatic N) is 1. The van der Waals surface area contributed by atoms with Gasteiger partial charge in [0, 0.05) is 18.8 Å². The Balaban J connectivity index is 1.47. The van der Waals surface area contributed by atoms with Crippen LogP contribution in [0.5, 0.6) is 0 Å². The van der Waals surface area contributed by atoms with E-state index in [1.165, 1.54) is 16.2 Å². The maximum atomic E-state index is 13.0. The predicted molar refractivity (Wildman–Crippen MR) is 120 cm³/mol. The number of hydrogen-bond donors (Lipinski definition) is 3. The molecule has 2 fully saturated rings. The molecule has 2 amide bonds. The summed E-state index contributed by atoms with van der Waals surface area (Å²) in [7, 11) is 0. The van der Waals surface area contributed by atoms with Crippen molar-refractivity contribution in [3.8, 4) is 0 Å². The molecule has 3 N–H and O–H groups in total. The number of nitrogens with one attached hydrogen (secondary N) is 3. The van der Waals surface area contributed by atoms with Crippen molar-refractivity contribution in [1.29, 1.82) is 0 Å². The largest absolute Gasteiger partial charge is 0.337 e. The second kappa shape index (κ2) is 9.92. The number of piperazine rings is 1. The first kappa shape index (κ1) is 22.8. The van der Waals surface area contributed by atoms with Gasteiger partial charge in [0.2, 0.25) is 0 Å². The zero-order valence-electron chi connectivity index (χ0n) is 19.4. The van der Waals surface area contributed by atoms with E-state index < -0.39 is 0 Å². The van der Waals surface area contributed by atoms with Crippen molar-refractivity contribution in [3.63, 3.8) is 0 Å². The number of para-hydroxylation sites is 1. The Morgan fingerprint density at radius 2 is 1.63 bits per heavy atom. The van der Waals surface area contributed by atoms with Gasteiger partial charge in [0.05, 0.1) is 0 Å². The first-order valence-corrected chi connectivity index (χ1v) is 11.6. The minimum atomic E-state index is 0.00694. The lowest BCUT2D eigenvalue weighted by molar-refractivity contribution is -1.01. The fraction of sp³-hybridized carbons (Fsp3) is 0.667. The number of hydrogen-bond acceptors (Lipinski definition) is 2. The molecule has 0 spiro atoms. The number of amides is 2. The molecule has 0 aliphatic carbocycles. The van der Waals surface area contributed by atoms with Gasteiger partial charge in [-0.15, -0.1) is 0 Å². The lowest BCUT2D eigenvalue weighted by Crippen LogP contribution is -3.30. The third kappa shape index (κ3) is 5.61. The second-order valence-corrected chi connectivity index (χ2v) is 9.81. The molecule has 3 rings (SSSR count). The molecule has 6 nitrogen and oxygen atoms in total. The van der Waals surface area contributed by atoms with Crippen molar-refractivity contribution < 1.29 is 19.4 Å². The average Bonchev–Trinajstić information content (AvgIpc) is 2.69. The van der Waals surface area contributed by atoms with E-state index in [2.05, 4.69) is 31.0 Å². The van der Waals surface area contributed by atoms with Gasteiger partial charge in [0.25, 0.3) is 11.8 Å². The van der Waals surface area contributed by atoms with Gasteiger partial charge in [-0.3, -0.25) is 9.59 Å². The summed E-state index contributed by atoms with van der Waals surface area (Å²) in [5, 5.41) is 3.10. The van der Waals surface area contributed by atoms with Crippen molar-refractivity contribution in [2.24, 2.45) is 11.8 Å². The highest BCUT2D eigenvalue weighted by atomic mass is 16.2. The summed E-state index contributed by atoms with van der Waals surface area (Å²) in [5.41, 5.74) is 3.14. The molecule has 1 aromatic carbocycles. The molecule has 0 aromatic heterocycles. The Hall–Kier alpha value is -1.92. The summed E-state index contributed by atoms with van der Waals surface area (Å²) >= 11 is 0. The van der Waals surface area contributed by atoms with Crippen LogP contribution in [0.2, 0.25) is 0 Å². The molecule has 2 heterocycles. The summed E-state index contributed by atoms with van der Waals surface area (Å²) in [6, 6.07) is 6.08. The molecule has 6 heteroatoms. The fourth-order valence-corrected chi connectivity index (χ4v) is 5.25. The zero-order chi connectivity index (χ0) is 21.8. The third-order valence-electron chi connectivity index (χ3n) is 6.92. The second-order valence-electron chi connectivity index (χ2n) is 9.81. The topological polar surface area (TPSA) is 58.3 Å². The summed E-state index contributed by atoms with van der Waals surface area (Å²) in [6.07, 6.45) is 1.22. The smallest absolute Gasteiger partial charge is 0.280 e. The van der Waals surface area contributed by atoms with Crippen molar-refractivity contribution >= 4 is 17.5 Å². The van der Waals surface area contributed by atoms with Crippen LogP contribution in [0, 0.1) is 25.7 Å². The first-order valence-electron chi connectivity index (χ1n) is 11.6. The Bertz CT molecular complexity index is 727. The van der Waals surface area contributed by atoms with Crippen molar-refractivity contribution in [1.82, 2.24) is 4.90 Å². The molecule has 30 heavy (non-hydrogen) atoms. The number of likely N-dealkylation sites (tertiary alicyclic amines) is 1. The van der Waals surface area contributed by atoms with E-state index in [-0.39, 0.29) is 11.9 Å². The zero-order valence-corrected chi connectivity index (χ0v) is 19.4.